The third kappa shape index (κ3) is 3.22. The van der Waals surface area contributed by atoms with Crippen molar-refractivity contribution in [1.29, 1.82) is 0 Å². The van der Waals surface area contributed by atoms with Gasteiger partial charge in [0.1, 0.15) is 0 Å². The molecule has 1 saturated carbocycles. The lowest BCUT2D eigenvalue weighted by atomic mass is 9.92. The van der Waals surface area contributed by atoms with Crippen molar-refractivity contribution in [1.82, 2.24) is 0 Å². The van der Waals surface area contributed by atoms with Crippen LogP contribution >= 0.6 is 0 Å². The van der Waals surface area contributed by atoms with E-state index in [0.717, 1.165) is 41.2 Å². The summed E-state index contributed by atoms with van der Waals surface area (Å²) >= 11 is 0. The van der Waals surface area contributed by atoms with Crippen molar-refractivity contribution in [2.24, 2.45) is 0 Å². The predicted octanol–water partition coefficient (Wildman–Crippen LogP) is 5.88. The Morgan fingerprint density at radius 2 is 1.73 bits per heavy atom. The van der Waals surface area contributed by atoms with Crippen LogP contribution in [0.1, 0.15) is 43.7 Å². The Morgan fingerprint density at radius 1 is 0.933 bits per heavy atom. The van der Waals surface area contributed by atoms with E-state index in [4.69, 9.17) is 9.47 Å². The minimum Gasteiger partial charge on any atom is -0.454 e. The number of hydrogen-bond donors (Lipinski definition) is 1. The van der Waals surface area contributed by atoms with Crippen LogP contribution in [0.5, 0.6) is 11.5 Å². The maximum absolute atomic E-state index is 13.2. The highest BCUT2D eigenvalue weighted by Gasteiger charge is 2.51. The Morgan fingerprint density at radius 3 is 2.53 bits per heavy atom. The van der Waals surface area contributed by atoms with E-state index >= 15 is 0 Å². The topological polar surface area (TPSA) is 47.6 Å². The smallest absolute Gasteiger partial charge is 0.235 e. The highest BCUT2D eigenvalue weighted by molar-refractivity contribution is 6.01. The molecular formula is C26H25NO3. The van der Waals surface area contributed by atoms with Crippen LogP contribution in [0.15, 0.2) is 66.7 Å². The van der Waals surface area contributed by atoms with Crippen LogP contribution in [-0.4, -0.2) is 12.7 Å². The molecular weight excluding hydrogens is 374 g/mol. The first kappa shape index (κ1) is 18.7. The summed E-state index contributed by atoms with van der Waals surface area (Å²) in [7, 11) is 0. The van der Waals surface area contributed by atoms with Gasteiger partial charge in [0.2, 0.25) is 12.7 Å². The third-order valence-corrected chi connectivity index (χ3v) is 6.12. The van der Waals surface area contributed by atoms with Gasteiger partial charge >= 0.3 is 0 Å². The van der Waals surface area contributed by atoms with Gasteiger partial charge < -0.3 is 14.8 Å². The molecule has 30 heavy (non-hydrogen) atoms. The van der Waals surface area contributed by atoms with Crippen molar-refractivity contribution in [3.63, 3.8) is 0 Å². The third-order valence-electron chi connectivity index (χ3n) is 6.12. The minimum atomic E-state index is -0.479. The van der Waals surface area contributed by atoms with E-state index < -0.39 is 5.41 Å². The van der Waals surface area contributed by atoms with Gasteiger partial charge in [0, 0.05) is 5.69 Å². The van der Waals surface area contributed by atoms with E-state index in [1.807, 2.05) is 30.3 Å². The summed E-state index contributed by atoms with van der Waals surface area (Å²) in [6.45, 7) is 4.64. The molecule has 152 valence electrons. The molecule has 0 spiro atoms. The van der Waals surface area contributed by atoms with E-state index in [-0.39, 0.29) is 12.7 Å². The number of benzene rings is 3. The number of ether oxygens (including phenoxy) is 2. The van der Waals surface area contributed by atoms with E-state index in [1.165, 1.54) is 11.1 Å². The Bertz CT molecular complexity index is 1110. The molecule has 1 aliphatic heterocycles. The number of carbonyl (C=O) groups excluding carboxylic acids is 1. The maximum Gasteiger partial charge on any atom is 0.235 e. The summed E-state index contributed by atoms with van der Waals surface area (Å²) in [6, 6.07) is 22.4. The van der Waals surface area contributed by atoms with Crippen molar-refractivity contribution < 1.29 is 14.3 Å². The largest absolute Gasteiger partial charge is 0.454 e. The van der Waals surface area contributed by atoms with Crippen molar-refractivity contribution >= 4 is 11.6 Å². The summed E-state index contributed by atoms with van der Waals surface area (Å²) in [5.74, 6) is 1.93. The average molecular weight is 399 g/mol. The number of nitrogens with one attached hydrogen (secondary N) is 1. The Kier molecular flexibility index (Phi) is 4.50. The predicted molar refractivity (Wildman–Crippen MR) is 118 cm³/mol. The van der Waals surface area contributed by atoms with Crippen molar-refractivity contribution in [2.45, 2.75) is 38.0 Å². The fourth-order valence-corrected chi connectivity index (χ4v) is 4.24. The highest BCUT2D eigenvalue weighted by Crippen LogP contribution is 2.51. The first-order valence-corrected chi connectivity index (χ1v) is 10.5. The van der Waals surface area contributed by atoms with Gasteiger partial charge in [0.05, 0.1) is 5.41 Å². The van der Waals surface area contributed by atoms with Gasteiger partial charge in [0.25, 0.3) is 0 Å². The van der Waals surface area contributed by atoms with E-state index in [9.17, 15) is 4.79 Å². The van der Waals surface area contributed by atoms with Crippen LogP contribution in [-0.2, 0) is 10.2 Å². The molecule has 4 heteroatoms. The first-order valence-electron chi connectivity index (χ1n) is 10.5. The lowest BCUT2D eigenvalue weighted by Gasteiger charge is -2.17. The highest BCUT2D eigenvalue weighted by atomic mass is 16.7. The van der Waals surface area contributed by atoms with Crippen LogP contribution in [0.2, 0.25) is 0 Å². The van der Waals surface area contributed by atoms with Gasteiger partial charge in [-0.25, -0.2) is 0 Å². The number of anilines is 1. The molecule has 1 aliphatic carbocycles. The standard InChI is InChI=1S/C26H25NO3/c1-17(2)21-8-3-4-9-22(21)18-6-5-7-20(14-18)27-25(28)26(12-13-26)19-10-11-23-24(15-19)30-16-29-23/h3-11,14-15,17H,12-13,16H2,1-2H3,(H,27,28). The molecule has 2 aliphatic rings. The summed E-state index contributed by atoms with van der Waals surface area (Å²) in [5.41, 5.74) is 4.96. The summed E-state index contributed by atoms with van der Waals surface area (Å²) in [4.78, 5) is 13.2. The fraction of sp³-hybridized carbons (Fsp3) is 0.269. The van der Waals surface area contributed by atoms with Gasteiger partial charge in [-0.2, -0.15) is 0 Å². The van der Waals surface area contributed by atoms with Crippen molar-refractivity contribution in [3.8, 4) is 22.6 Å². The lowest BCUT2D eigenvalue weighted by molar-refractivity contribution is -0.118. The Labute approximate surface area is 176 Å². The maximum atomic E-state index is 13.2. The zero-order valence-corrected chi connectivity index (χ0v) is 17.3. The van der Waals surface area contributed by atoms with Crippen LogP contribution in [0, 0.1) is 0 Å². The summed E-state index contributed by atoms with van der Waals surface area (Å²) in [6.07, 6.45) is 1.68. The molecule has 1 amide bonds. The molecule has 3 aromatic carbocycles. The average Bonchev–Trinajstić information content (AvgIpc) is 3.45. The van der Waals surface area contributed by atoms with E-state index in [1.54, 1.807) is 0 Å². The van der Waals surface area contributed by atoms with E-state index in [2.05, 4.69) is 55.6 Å². The lowest BCUT2D eigenvalue weighted by Crippen LogP contribution is -2.27. The summed E-state index contributed by atoms with van der Waals surface area (Å²) in [5, 5.41) is 3.16. The van der Waals surface area contributed by atoms with Crippen LogP contribution in [0.4, 0.5) is 5.69 Å². The van der Waals surface area contributed by atoms with Crippen LogP contribution < -0.4 is 14.8 Å². The van der Waals surface area contributed by atoms with Gasteiger partial charge in [-0.05, 0) is 65.3 Å². The van der Waals surface area contributed by atoms with Crippen LogP contribution in [0.25, 0.3) is 11.1 Å². The quantitative estimate of drug-likeness (QED) is 0.583. The zero-order valence-electron chi connectivity index (χ0n) is 17.3. The molecule has 0 unspecified atom stereocenters. The van der Waals surface area contributed by atoms with Crippen molar-refractivity contribution in [2.75, 3.05) is 12.1 Å². The number of amides is 1. The molecule has 0 radical (unpaired) electrons. The molecule has 0 saturated heterocycles. The van der Waals surface area contributed by atoms with Gasteiger partial charge in [-0.3, -0.25) is 4.79 Å². The van der Waals surface area contributed by atoms with Gasteiger partial charge in [0.15, 0.2) is 11.5 Å². The molecule has 0 atom stereocenters. The van der Waals surface area contributed by atoms with Gasteiger partial charge in [-0.1, -0.05) is 56.3 Å². The Balaban J connectivity index is 1.40. The molecule has 1 N–H and O–H groups in total. The van der Waals surface area contributed by atoms with Gasteiger partial charge in [-0.15, -0.1) is 0 Å². The molecule has 0 aromatic heterocycles. The molecule has 4 nitrogen and oxygen atoms in total. The second kappa shape index (κ2) is 7.21. The summed E-state index contributed by atoms with van der Waals surface area (Å²) < 4.78 is 10.9. The second-order valence-electron chi connectivity index (χ2n) is 8.43. The Hall–Kier alpha value is -3.27. The van der Waals surface area contributed by atoms with Crippen molar-refractivity contribution in [3.05, 3.63) is 77.9 Å². The molecule has 0 bridgehead atoms. The molecule has 1 fully saturated rings. The number of hydrogen-bond acceptors (Lipinski definition) is 3. The first-order chi connectivity index (χ1) is 14.6. The minimum absolute atomic E-state index is 0.0376. The molecule has 5 rings (SSSR count). The van der Waals surface area contributed by atoms with Crippen LogP contribution in [0.3, 0.4) is 0 Å². The van der Waals surface area contributed by atoms with E-state index in [0.29, 0.717) is 5.92 Å². The number of fused-ring (bicyclic) bond motifs is 1. The SMILES string of the molecule is CC(C)c1ccccc1-c1cccc(NC(=O)C2(c3ccc4c(c3)OCO4)CC2)c1. The number of rotatable bonds is 5. The number of carbonyl (C=O) groups is 1. The monoisotopic (exact) mass is 399 g/mol. The zero-order chi connectivity index (χ0) is 20.7. The normalized spacial score (nSPS) is 15.8. The fourth-order valence-electron chi connectivity index (χ4n) is 4.24. The second-order valence-corrected chi connectivity index (χ2v) is 8.43. The molecule has 1 heterocycles. The molecule has 3 aromatic rings.